The summed E-state index contributed by atoms with van der Waals surface area (Å²) >= 11 is 0. The maximum Gasteiger partial charge on any atom is 1.00 e. The Morgan fingerprint density at radius 3 is 1.50 bits per heavy atom. The quantitative estimate of drug-likeness (QED) is 0.205. The average Bonchev–Trinajstić information content (AvgIpc) is 0.722. The Kier molecular flexibility index (Phi) is 4.98. The summed E-state index contributed by atoms with van der Waals surface area (Å²) < 4.78 is 25.5. The Morgan fingerprint density at radius 2 is 1.50 bits per heavy atom. The van der Waals surface area contributed by atoms with Crippen LogP contribution in [0.2, 0.25) is 0 Å². The Bertz CT molecular complexity index is 94.0. The van der Waals surface area contributed by atoms with Gasteiger partial charge in [0.2, 0.25) is 0 Å². The minimum absolute atomic E-state index is 0. The molecule has 0 aliphatic carbocycles. The van der Waals surface area contributed by atoms with E-state index >= 15 is 0 Å². The molecule has 0 aromatic carbocycles. The molecule has 0 aliphatic heterocycles. The molecule has 6 heavy (non-hydrogen) atoms. The summed E-state index contributed by atoms with van der Waals surface area (Å²) in [4.78, 5) is 0. The van der Waals surface area contributed by atoms with Crippen molar-refractivity contribution < 1.29 is 42.5 Å². The van der Waals surface area contributed by atoms with Crippen LogP contribution in [0.1, 0.15) is 0 Å². The second-order valence-electron chi connectivity index (χ2n) is 0.582. The molecule has 0 saturated heterocycles. The molecule has 0 fully saturated rings. The van der Waals surface area contributed by atoms with Gasteiger partial charge in [0, 0.05) is 0 Å². The summed E-state index contributed by atoms with van der Waals surface area (Å²) in [7, 11) is -3.92. The Labute approximate surface area is 58.8 Å². The van der Waals surface area contributed by atoms with Crippen LogP contribution in [0, 0.1) is 6.26 Å². The number of hydrogen-bond acceptors (Lipinski definition) is 2. The van der Waals surface area contributed by atoms with Gasteiger partial charge in [-0.25, -0.2) is 8.42 Å². The van der Waals surface area contributed by atoms with E-state index in [-0.39, 0.29) is 29.6 Å². The van der Waals surface area contributed by atoms with Gasteiger partial charge in [-0.3, -0.25) is 0 Å². The third kappa shape index (κ3) is 90.6. The van der Waals surface area contributed by atoms with Crippen LogP contribution in [0.25, 0.3) is 0 Å². The van der Waals surface area contributed by atoms with Crippen LogP contribution in [-0.2, 0) is 10.1 Å². The molecule has 5 heteroatoms. The van der Waals surface area contributed by atoms with Crippen LogP contribution in [0.5, 0.6) is 0 Å². The molecule has 0 aliphatic rings. The van der Waals surface area contributed by atoms with E-state index < -0.39 is 10.1 Å². The largest absolute Gasteiger partial charge is 1.00 e. The number of hydrogen-bond donors (Lipinski definition) is 1. The van der Waals surface area contributed by atoms with E-state index in [0.717, 1.165) is 0 Å². The van der Waals surface area contributed by atoms with Crippen molar-refractivity contribution in [3.8, 4) is 0 Å². The van der Waals surface area contributed by atoms with E-state index in [2.05, 4.69) is 6.26 Å². The van der Waals surface area contributed by atoms with Gasteiger partial charge in [0.1, 0.15) is 10.1 Å². The van der Waals surface area contributed by atoms with Gasteiger partial charge in [-0.2, -0.15) is 6.26 Å². The second kappa shape index (κ2) is 2.98. The summed E-state index contributed by atoms with van der Waals surface area (Å²) in [6.45, 7) is 0. The van der Waals surface area contributed by atoms with Crippen molar-refractivity contribution in [2.75, 3.05) is 0 Å². The smallest absolute Gasteiger partial charge is 0.310 e. The van der Waals surface area contributed by atoms with Crippen LogP contribution in [-0.4, -0.2) is 13.0 Å². The molecule has 0 aromatic rings. The van der Waals surface area contributed by atoms with Gasteiger partial charge in [0.25, 0.3) is 0 Å². The van der Waals surface area contributed by atoms with E-state index in [9.17, 15) is 0 Å². The topological polar surface area (TPSA) is 54.4 Å². The number of rotatable bonds is 0. The zero-order valence-corrected chi connectivity index (χ0v) is 6.20. The van der Waals surface area contributed by atoms with Gasteiger partial charge in [-0.05, 0) is 0 Å². The standard InChI is InChI=1S/CH3O3S.Na/c1-5(2,3)4;/h1H2,(H,2,3,4);/q-1;+1. The molecule has 0 radical (unpaired) electrons. The Morgan fingerprint density at radius 1 is 1.50 bits per heavy atom. The molecular formula is CH3NaO3S. The summed E-state index contributed by atoms with van der Waals surface area (Å²) in [6.07, 6.45) is 2.30. The van der Waals surface area contributed by atoms with Gasteiger partial charge in [-0.15, -0.1) is 0 Å². The van der Waals surface area contributed by atoms with E-state index in [0.29, 0.717) is 0 Å². The zero-order valence-electron chi connectivity index (χ0n) is 3.38. The van der Waals surface area contributed by atoms with Crippen molar-refractivity contribution >= 4 is 10.1 Å². The molecule has 32 valence electrons. The molecule has 0 bridgehead atoms. The van der Waals surface area contributed by atoms with Crippen molar-refractivity contribution in [2.45, 2.75) is 0 Å². The molecule has 0 aromatic heterocycles. The molecule has 0 rings (SSSR count). The van der Waals surface area contributed by atoms with E-state index in [1.165, 1.54) is 0 Å². The SMILES string of the molecule is [CH2-]S(=O)(=O)O.[Na+]. The van der Waals surface area contributed by atoms with Gasteiger partial charge in [0.15, 0.2) is 0 Å². The van der Waals surface area contributed by atoms with Crippen molar-refractivity contribution in [3.05, 3.63) is 6.26 Å². The summed E-state index contributed by atoms with van der Waals surface area (Å²) in [5.41, 5.74) is 0. The molecule has 0 amide bonds. The van der Waals surface area contributed by atoms with Crippen LogP contribution < -0.4 is 29.6 Å². The first-order valence-electron chi connectivity index (χ1n) is 0.805. The fourth-order valence-corrected chi connectivity index (χ4v) is 0. The van der Waals surface area contributed by atoms with Crippen molar-refractivity contribution in [1.29, 1.82) is 0 Å². The van der Waals surface area contributed by atoms with Gasteiger partial charge in [0.05, 0.1) is 0 Å². The van der Waals surface area contributed by atoms with Crippen LogP contribution in [0.15, 0.2) is 0 Å². The predicted octanol–water partition coefficient (Wildman–Crippen LogP) is -3.33. The van der Waals surface area contributed by atoms with Gasteiger partial charge in [-0.1, -0.05) is 0 Å². The van der Waals surface area contributed by atoms with Crippen molar-refractivity contribution in [1.82, 2.24) is 0 Å². The van der Waals surface area contributed by atoms with Crippen LogP contribution >= 0.6 is 0 Å². The second-order valence-corrected chi connectivity index (χ2v) is 1.75. The van der Waals surface area contributed by atoms with Crippen LogP contribution in [0.3, 0.4) is 0 Å². The van der Waals surface area contributed by atoms with Crippen molar-refractivity contribution in [2.24, 2.45) is 0 Å². The fourth-order valence-electron chi connectivity index (χ4n) is 0. The summed E-state index contributed by atoms with van der Waals surface area (Å²) in [5, 5.41) is 0. The first kappa shape index (κ1) is 10.0. The Hall–Kier alpha value is 0.910. The third-order valence-electron chi connectivity index (χ3n) is 0. The predicted molar refractivity (Wildman–Crippen MR) is 16.9 cm³/mol. The maximum atomic E-state index is 9.08. The molecular weight excluding hydrogens is 115 g/mol. The molecule has 1 N–H and O–H groups in total. The van der Waals surface area contributed by atoms with E-state index in [1.807, 2.05) is 0 Å². The van der Waals surface area contributed by atoms with Crippen molar-refractivity contribution in [3.63, 3.8) is 0 Å². The van der Waals surface area contributed by atoms with E-state index in [4.69, 9.17) is 13.0 Å². The monoisotopic (exact) mass is 118 g/mol. The molecule has 0 atom stereocenters. The normalized spacial score (nSPS) is 9.67. The molecule has 3 nitrogen and oxygen atoms in total. The summed E-state index contributed by atoms with van der Waals surface area (Å²) in [6, 6.07) is 0. The first-order valence-corrected chi connectivity index (χ1v) is 2.41. The van der Waals surface area contributed by atoms with Gasteiger partial charge < -0.3 is 4.55 Å². The molecule has 0 saturated carbocycles. The van der Waals surface area contributed by atoms with Gasteiger partial charge >= 0.3 is 29.6 Å². The fraction of sp³-hybridized carbons (Fsp3) is 0. The molecule has 0 heterocycles. The molecule has 0 unspecified atom stereocenters. The average molecular weight is 118 g/mol. The maximum absolute atomic E-state index is 9.08. The summed E-state index contributed by atoms with van der Waals surface area (Å²) in [5.74, 6) is 0. The first-order chi connectivity index (χ1) is 2.00. The Balaban J connectivity index is 0. The molecule has 0 spiro atoms. The van der Waals surface area contributed by atoms with Crippen LogP contribution in [0.4, 0.5) is 0 Å². The minimum Gasteiger partial charge on any atom is -0.310 e. The van der Waals surface area contributed by atoms with E-state index in [1.54, 1.807) is 0 Å². The zero-order chi connectivity index (χ0) is 4.50. The minimum atomic E-state index is -3.92. The third-order valence-corrected chi connectivity index (χ3v) is 0.